The number of ether oxygens (including phenoxy) is 1. The molecule has 32 heavy (non-hydrogen) atoms. The Kier molecular flexibility index (Phi) is 10.9. The van der Waals surface area contributed by atoms with Gasteiger partial charge in [-0.2, -0.15) is 0 Å². The molecule has 0 saturated carbocycles. The van der Waals surface area contributed by atoms with Crippen LogP contribution < -0.4 is 5.32 Å². The summed E-state index contributed by atoms with van der Waals surface area (Å²) in [6.07, 6.45) is 0.514. The smallest absolute Gasteiger partial charge is 0.194 e. The molecule has 1 unspecified atom stereocenters. The minimum absolute atomic E-state index is 0. The molecule has 0 bridgehead atoms. The van der Waals surface area contributed by atoms with Gasteiger partial charge in [0.2, 0.25) is 0 Å². The van der Waals surface area contributed by atoms with Crippen molar-refractivity contribution in [2.75, 3.05) is 38.5 Å². The van der Waals surface area contributed by atoms with Gasteiger partial charge in [-0.3, -0.25) is 4.99 Å². The molecule has 176 valence electrons. The third kappa shape index (κ3) is 8.04. The number of aryl methyl sites for hydroxylation is 1. The predicted octanol–water partition coefficient (Wildman–Crippen LogP) is 3.96. The predicted molar refractivity (Wildman–Crippen MR) is 141 cm³/mol. The summed E-state index contributed by atoms with van der Waals surface area (Å²) in [5, 5.41) is 3.35. The monoisotopic (exact) mass is 571 g/mol. The van der Waals surface area contributed by atoms with Gasteiger partial charge in [0.05, 0.1) is 24.7 Å². The zero-order chi connectivity index (χ0) is 22.1. The number of halogens is 1. The Morgan fingerprint density at radius 2 is 1.88 bits per heavy atom. The molecular weight excluding hydrogens is 537 g/mol. The van der Waals surface area contributed by atoms with Gasteiger partial charge in [0.25, 0.3) is 0 Å². The van der Waals surface area contributed by atoms with Gasteiger partial charge in [0, 0.05) is 19.6 Å². The Hall–Kier alpha value is -1.65. The first-order chi connectivity index (χ1) is 15.0. The van der Waals surface area contributed by atoms with Crippen molar-refractivity contribution < 1.29 is 13.2 Å². The number of aliphatic imine (C=N–C) groups is 1. The topological polar surface area (TPSA) is 71.0 Å². The van der Waals surface area contributed by atoms with Crippen molar-refractivity contribution in [3.05, 3.63) is 71.3 Å². The van der Waals surface area contributed by atoms with E-state index in [1.807, 2.05) is 49.4 Å². The third-order valence-corrected chi connectivity index (χ3v) is 7.02. The van der Waals surface area contributed by atoms with Crippen LogP contribution in [0.25, 0.3) is 0 Å². The minimum atomic E-state index is -3.14. The van der Waals surface area contributed by atoms with E-state index in [0.717, 1.165) is 31.2 Å². The Labute approximate surface area is 209 Å². The average Bonchev–Trinajstić information content (AvgIpc) is 2.77. The molecule has 3 rings (SSSR count). The van der Waals surface area contributed by atoms with E-state index >= 15 is 0 Å². The number of hydrogen-bond acceptors (Lipinski definition) is 4. The fraction of sp³-hybridized carbons (Fsp3) is 0.458. The maximum absolute atomic E-state index is 12.4. The second kappa shape index (κ2) is 13.2. The first-order valence-corrected chi connectivity index (χ1v) is 12.8. The second-order valence-corrected chi connectivity index (χ2v) is 10.0. The Balaban J connectivity index is 0.00000363. The lowest BCUT2D eigenvalue weighted by atomic mass is 10.0. The van der Waals surface area contributed by atoms with Gasteiger partial charge in [0.1, 0.15) is 6.10 Å². The Morgan fingerprint density at radius 3 is 2.59 bits per heavy atom. The van der Waals surface area contributed by atoms with Crippen LogP contribution in [0.4, 0.5) is 0 Å². The SMILES string of the molecule is CCNC(=NCCCS(=O)(=O)Cc1ccccc1)N1CCOC(c2ccccc2C)C1.I. The number of nitrogens with zero attached hydrogens (tertiary/aromatic N) is 2. The molecular formula is C24H34IN3O3S. The van der Waals surface area contributed by atoms with Crippen molar-refractivity contribution in [1.29, 1.82) is 0 Å². The van der Waals surface area contributed by atoms with E-state index < -0.39 is 9.84 Å². The highest BCUT2D eigenvalue weighted by Crippen LogP contribution is 2.25. The van der Waals surface area contributed by atoms with E-state index in [0.29, 0.717) is 19.6 Å². The lowest BCUT2D eigenvalue weighted by Crippen LogP contribution is -2.48. The summed E-state index contributed by atoms with van der Waals surface area (Å²) in [5.41, 5.74) is 3.25. The van der Waals surface area contributed by atoms with Crippen molar-refractivity contribution in [2.45, 2.75) is 32.1 Å². The average molecular weight is 572 g/mol. The second-order valence-electron chi connectivity index (χ2n) is 7.83. The molecule has 2 aromatic rings. The molecule has 2 aromatic carbocycles. The largest absolute Gasteiger partial charge is 0.370 e. The normalized spacial score (nSPS) is 17.0. The molecule has 1 aliphatic heterocycles. The van der Waals surface area contributed by atoms with Gasteiger partial charge in [0.15, 0.2) is 15.8 Å². The van der Waals surface area contributed by atoms with Gasteiger partial charge in [-0.1, -0.05) is 54.6 Å². The molecule has 8 heteroatoms. The molecule has 1 N–H and O–H groups in total. The highest BCUT2D eigenvalue weighted by Gasteiger charge is 2.25. The summed E-state index contributed by atoms with van der Waals surface area (Å²) in [4.78, 5) is 6.92. The molecule has 1 atom stereocenters. The fourth-order valence-electron chi connectivity index (χ4n) is 3.77. The summed E-state index contributed by atoms with van der Waals surface area (Å²) in [7, 11) is -3.14. The van der Waals surface area contributed by atoms with E-state index in [1.54, 1.807) is 0 Å². The van der Waals surface area contributed by atoms with E-state index in [-0.39, 0.29) is 41.6 Å². The summed E-state index contributed by atoms with van der Waals surface area (Å²) >= 11 is 0. The van der Waals surface area contributed by atoms with Crippen LogP contribution in [0.2, 0.25) is 0 Å². The zero-order valence-corrected chi connectivity index (χ0v) is 22.0. The zero-order valence-electron chi connectivity index (χ0n) is 18.9. The van der Waals surface area contributed by atoms with Crippen molar-refractivity contribution in [1.82, 2.24) is 10.2 Å². The molecule has 6 nitrogen and oxygen atoms in total. The number of sulfone groups is 1. The molecule has 1 aliphatic rings. The number of morpholine rings is 1. The van der Waals surface area contributed by atoms with Gasteiger partial charge >= 0.3 is 0 Å². The van der Waals surface area contributed by atoms with E-state index in [2.05, 4.69) is 29.3 Å². The number of nitrogens with one attached hydrogen (secondary N) is 1. The summed E-state index contributed by atoms with van der Waals surface area (Å²) in [6.45, 7) is 7.50. The lowest BCUT2D eigenvalue weighted by molar-refractivity contribution is -0.00832. The summed E-state index contributed by atoms with van der Waals surface area (Å²) in [6, 6.07) is 17.6. The van der Waals surface area contributed by atoms with E-state index in [1.165, 1.54) is 11.1 Å². The van der Waals surface area contributed by atoms with Crippen LogP contribution in [0.1, 0.15) is 36.1 Å². The Bertz CT molecular complexity index is 967. The number of guanidine groups is 1. The summed E-state index contributed by atoms with van der Waals surface area (Å²) < 4.78 is 30.9. The number of benzene rings is 2. The molecule has 1 saturated heterocycles. The number of rotatable bonds is 8. The van der Waals surface area contributed by atoms with Gasteiger partial charge < -0.3 is 15.0 Å². The lowest BCUT2D eigenvalue weighted by Gasteiger charge is -2.35. The van der Waals surface area contributed by atoms with E-state index in [9.17, 15) is 8.42 Å². The molecule has 0 radical (unpaired) electrons. The van der Waals surface area contributed by atoms with Crippen molar-refractivity contribution >= 4 is 39.8 Å². The summed E-state index contributed by atoms with van der Waals surface area (Å²) in [5.74, 6) is 1.05. The molecule has 0 amide bonds. The first kappa shape index (κ1) is 26.6. The molecule has 0 aromatic heterocycles. The van der Waals surface area contributed by atoms with Crippen molar-refractivity contribution in [3.63, 3.8) is 0 Å². The maximum Gasteiger partial charge on any atom is 0.194 e. The molecule has 0 aliphatic carbocycles. The standard InChI is InChI=1S/C24H33N3O3S.HI/c1-3-25-24(26-14-9-17-31(28,29)19-21-11-5-4-6-12-21)27-15-16-30-23(18-27)22-13-8-7-10-20(22)2;/h4-8,10-13,23H,3,9,14-19H2,1-2H3,(H,25,26);1H. The highest BCUT2D eigenvalue weighted by atomic mass is 127. The quantitative estimate of drug-likeness (QED) is 0.225. The molecule has 0 spiro atoms. The molecule has 1 fully saturated rings. The van der Waals surface area contributed by atoms with Gasteiger partial charge in [-0.15, -0.1) is 24.0 Å². The van der Waals surface area contributed by atoms with Crippen molar-refractivity contribution in [3.8, 4) is 0 Å². The van der Waals surface area contributed by atoms with Crippen LogP contribution in [-0.4, -0.2) is 57.8 Å². The fourth-order valence-corrected chi connectivity index (χ4v) is 5.19. The third-order valence-electron chi connectivity index (χ3n) is 5.34. The van der Waals surface area contributed by atoms with E-state index in [4.69, 9.17) is 9.73 Å². The maximum atomic E-state index is 12.4. The van der Waals surface area contributed by atoms with Crippen LogP contribution in [0.3, 0.4) is 0 Å². The van der Waals surface area contributed by atoms with Crippen LogP contribution in [0.15, 0.2) is 59.6 Å². The van der Waals surface area contributed by atoms with Gasteiger partial charge in [-0.25, -0.2) is 8.42 Å². The van der Waals surface area contributed by atoms with Crippen molar-refractivity contribution in [2.24, 2.45) is 4.99 Å². The van der Waals surface area contributed by atoms with Gasteiger partial charge in [-0.05, 0) is 37.0 Å². The highest BCUT2D eigenvalue weighted by molar-refractivity contribution is 14.0. The Morgan fingerprint density at radius 1 is 1.16 bits per heavy atom. The van der Waals surface area contributed by atoms with Crippen LogP contribution >= 0.6 is 24.0 Å². The van der Waals surface area contributed by atoms with Crippen LogP contribution in [0, 0.1) is 6.92 Å². The molecule has 1 heterocycles. The minimum Gasteiger partial charge on any atom is -0.370 e. The van der Waals surface area contributed by atoms with Crippen LogP contribution in [-0.2, 0) is 20.3 Å². The first-order valence-electron chi connectivity index (χ1n) is 10.9. The number of hydrogen-bond donors (Lipinski definition) is 1. The van der Waals surface area contributed by atoms with Crippen LogP contribution in [0.5, 0.6) is 0 Å².